The Morgan fingerprint density at radius 2 is 1.89 bits per heavy atom. The molecule has 0 saturated heterocycles. The van der Waals surface area contributed by atoms with Crippen LogP contribution in [0, 0.1) is 0 Å². The zero-order valence-corrected chi connectivity index (χ0v) is 12.1. The Balaban J connectivity index is 2.94. The van der Waals surface area contributed by atoms with Crippen molar-refractivity contribution in [1.29, 1.82) is 0 Å². The highest BCUT2D eigenvalue weighted by Gasteiger charge is 2.12. The lowest BCUT2D eigenvalue weighted by Crippen LogP contribution is -2.15. The summed E-state index contributed by atoms with van der Waals surface area (Å²) in [7, 11) is 0. The number of rotatable bonds is 7. The first-order chi connectivity index (χ1) is 8.58. The summed E-state index contributed by atoms with van der Waals surface area (Å²) in [5.41, 5.74) is 6.89. The van der Waals surface area contributed by atoms with E-state index in [-0.39, 0.29) is 6.04 Å². The first-order valence-corrected chi connectivity index (χ1v) is 6.79. The first-order valence-electron chi connectivity index (χ1n) is 6.42. The third-order valence-electron chi connectivity index (χ3n) is 2.55. The van der Waals surface area contributed by atoms with E-state index in [9.17, 15) is 0 Å². The minimum absolute atomic E-state index is 0.186. The molecule has 0 aliphatic rings. The maximum absolute atomic E-state index is 6.23. The third-order valence-corrected chi connectivity index (χ3v) is 2.83. The molecule has 0 spiro atoms. The molecule has 0 aromatic heterocycles. The zero-order valence-electron chi connectivity index (χ0n) is 11.3. The molecule has 0 bridgehead atoms. The van der Waals surface area contributed by atoms with Crippen LogP contribution in [-0.2, 0) is 6.42 Å². The van der Waals surface area contributed by atoms with Crippen molar-refractivity contribution in [1.82, 2.24) is 0 Å². The molecule has 102 valence electrons. The summed E-state index contributed by atoms with van der Waals surface area (Å²) in [5.74, 6) is 1.34. The average Bonchev–Trinajstić information content (AvgIpc) is 2.31. The SMILES string of the molecule is CCOc1cc(CCC(C)N)cc(Cl)c1OCC. The van der Waals surface area contributed by atoms with Gasteiger partial charge in [-0.05, 0) is 51.3 Å². The van der Waals surface area contributed by atoms with Crippen molar-refractivity contribution < 1.29 is 9.47 Å². The number of aryl methyl sites for hydroxylation is 1. The largest absolute Gasteiger partial charge is 0.490 e. The van der Waals surface area contributed by atoms with Gasteiger partial charge in [0.05, 0.1) is 18.2 Å². The van der Waals surface area contributed by atoms with Crippen LogP contribution in [0.1, 0.15) is 32.8 Å². The van der Waals surface area contributed by atoms with E-state index in [2.05, 4.69) is 0 Å². The van der Waals surface area contributed by atoms with Gasteiger partial charge < -0.3 is 15.2 Å². The van der Waals surface area contributed by atoms with Crippen molar-refractivity contribution in [3.05, 3.63) is 22.7 Å². The molecule has 1 aromatic rings. The van der Waals surface area contributed by atoms with Gasteiger partial charge in [0.2, 0.25) is 0 Å². The highest BCUT2D eigenvalue weighted by Crippen LogP contribution is 2.37. The lowest BCUT2D eigenvalue weighted by atomic mass is 10.1. The molecule has 1 atom stereocenters. The van der Waals surface area contributed by atoms with E-state index in [1.807, 2.05) is 32.9 Å². The Morgan fingerprint density at radius 3 is 2.44 bits per heavy atom. The summed E-state index contributed by atoms with van der Waals surface area (Å²) in [4.78, 5) is 0. The quantitative estimate of drug-likeness (QED) is 0.826. The molecular formula is C14H22ClNO2. The summed E-state index contributed by atoms with van der Waals surface area (Å²) in [6.45, 7) is 7.03. The Kier molecular flexibility index (Phi) is 6.30. The second kappa shape index (κ2) is 7.49. The van der Waals surface area contributed by atoms with Gasteiger partial charge in [-0.15, -0.1) is 0 Å². The number of ether oxygens (including phenoxy) is 2. The minimum atomic E-state index is 0.186. The average molecular weight is 272 g/mol. The van der Waals surface area contributed by atoms with Gasteiger partial charge in [0.25, 0.3) is 0 Å². The monoisotopic (exact) mass is 271 g/mol. The highest BCUT2D eigenvalue weighted by atomic mass is 35.5. The van der Waals surface area contributed by atoms with E-state index in [4.69, 9.17) is 26.8 Å². The Labute approximate surface area is 114 Å². The van der Waals surface area contributed by atoms with Crippen LogP contribution < -0.4 is 15.2 Å². The van der Waals surface area contributed by atoms with Crippen LogP contribution in [0.25, 0.3) is 0 Å². The number of hydrogen-bond donors (Lipinski definition) is 1. The second-order valence-corrected chi connectivity index (χ2v) is 4.69. The van der Waals surface area contributed by atoms with Gasteiger partial charge in [0.1, 0.15) is 0 Å². The van der Waals surface area contributed by atoms with E-state index in [1.165, 1.54) is 0 Å². The van der Waals surface area contributed by atoms with E-state index in [1.54, 1.807) is 0 Å². The lowest BCUT2D eigenvalue weighted by molar-refractivity contribution is 0.287. The van der Waals surface area contributed by atoms with Crippen molar-refractivity contribution in [2.75, 3.05) is 13.2 Å². The summed E-state index contributed by atoms with van der Waals surface area (Å²) in [5, 5.41) is 0.600. The predicted octanol–water partition coefficient (Wildman–Crippen LogP) is 3.42. The summed E-state index contributed by atoms with van der Waals surface area (Å²) in [6, 6.07) is 4.10. The molecule has 2 N–H and O–H groups in total. The summed E-state index contributed by atoms with van der Waals surface area (Å²) >= 11 is 6.23. The standard InChI is InChI=1S/C14H22ClNO2/c1-4-17-13-9-11(7-6-10(3)16)8-12(15)14(13)18-5-2/h8-10H,4-7,16H2,1-3H3. The molecule has 0 aliphatic carbocycles. The van der Waals surface area contributed by atoms with Gasteiger partial charge >= 0.3 is 0 Å². The molecule has 0 radical (unpaired) electrons. The summed E-state index contributed by atoms with van der Waals surface area (Å²) in [6.07, 6.45) is 1.82. The molecule has 18 heavy (non-hydrogen) atoms. The fourth-order valence-corrected chi connectivity index (χ4v) is 2.00. The van der Waals surface area contributed by atoms with E-state index in [0.717, 1.165) is 18.4 Å². The smallest absolute Gasteiger partial charge is 0.179 e. The number of benzene rings is 1. The van der Waals surface area contributed by atoms with Crippen LogP contribution in [-0.4, -0.2) is 19.3 Å². The predicted molar refractivity (Wildman–Crippen MR) is 75.8 cm³/mol. The van der Waals surface area contributed by atoms with Gasteiger partial charge in [0, 0.05) is 6.04 Å². The molecule has 0 saturated carbocycles. The minimum Gasteiger partial charge on any atom is -0.490 e. The van der Waals surface area contributed by atoms with Crippen LogP contribution in [0.2, 0.25) is 5.02 Å². The van der Waals surface area contributed by atoms with Gasteiger partial charge in [0.15, 0.2) is 11.5 Å². The topological polar surface area (TPSA) is 44.5 Å². The normalized spacial score (nSPS) is 12.3. The fourth-order valence-electron chi connectivity index (χ4n) is 1.71. The zero-order chi connectivity index (χ0) is 13.5. The number of nitrogens with two attached hydrogens (primary N) is 1. The molecule has 0 aliphatic heterocycles. The Hall–Kier alpha value is -0.930. The van der Waals surface area contributed by atoms with Gasteiger partial charge in [-0.25, -0.2) is 0 Å². The fraction of sp³-hybridized carbons (Fsp3) is 0.571. The lowest BCUT2D eigenvalue weighted by Gasteiger charge is -2.14. The number of halogens is 1. The maximum atomic E-state index is 6.23. The van der Waals surface area contributed by atoms with Gasteiger partial charge in [-0.2, -0.15) is 0 Å². The van der Waals surface area contributed by atoms with Crippen LogP contribution in [0.3, 0.4) is 0 Å². The molecule has 4 heteroatoms. The van der Waals surface area contributed by atoms with E-state index < -0.39 is 0 Å². The molecule has 1 unspecified atom stereocenters. The maximum Gasteiger partial charge on any atom is 0.179 e. The molecule has 0 heterocycles. The van der Waals surface area contributed by atoms with Crippen LogP contribution in [0.15, 0.2) is 12.1 Å². The van der Waals surface area contributed by atoms with E-state index in [0.29, 0.717) is 29.7 Å². The van der Waals surface area contributed by atoms with Crippen molar-refractivity contribution in [2.24, 2.45) is 5.73 Å². The highest BCUT2D eigenvalue weighted by molar-refractivity contribution is 6.32. The molecule has 1 rings (SSSR count). The van der Waals surface area contributed by atoms with Crippen molar-refractivity contribution in [3.63, 3.8) is 0 Å². The molecular weight excluding hydrogens is 250 g/mol. The van der Waals surface area contributed by atoms with Crippen LogP contribution in [0.4, 0.5) is 0 Å². The van der Waals surface area contributed by atoms with Gasteiger partial charge in [-0.1, -0.05) is 11.6 Å². The van der Waals surface area contributed by atoms with Gasteiger partial charge in [-0.3, -0.25) is 0 Å². The summed E-state index contributed by atoms with van der Waals surface area (Å²) < 4.78 is 11.1. The third kappa shape index (κ3) is 4.39. The Bertz CT molecular complexity index is 380. The molecule has 3 nitrogen and oxygen atoms in total. The van der Waals surface area contributed by atoms with Crippen molar-refractivity contribution >= 4 is 11.6 Å². The molecule has 0 fully saturated rings. The van der Waals surface area contributed by atoms with Crippen molar-refractivity contribution in [3.8, 4) is 11.5 Å². The first kappa shape index (κ1) is 15.1. The van der Waals surface area contributed by atoms with Crippen LogP contribution in [0.5, 0.6) is 11.5 Å². The van der Waals surface area contributed by atoms with E-state index >= 15 is 0 Å². The Morgan fingerprint density at radius 1 is 1.22 bits per heavy atom. The van der Waals surface area contributed by atoms with Crippen molar-refractivity contribution in [2.45, 2.75) is 39.7 Å². The molecule has 1 aromatic carbocycles. The number of hydrogen-bond acceptors (Lipinski definition) is 3. The molecule has 0 amide bonds. The van der Waals surface area contributed by atoms with Crippen LogP contribution >= 0.6 is 11.6 Å². The second-order valence-electron chi connectivity index (χ2n) is 4.29.